The number of amides is 1. The molecule has 0 fully saturated rings. The Morgan fingerprint density at radius 3 is 2.62 bits per heavy atom. The molecule has 144 valence electrons. The number of thioether (sulfide) groups is 1. The summed E-state index contributed by atoms with van der Waals surface area (Å²) in [5, 5.41) is 3.21. The zero-order valence-electron chi connectivity index (χ0n) is 15.0. The van der Waals surface area contributed by atoms with Crippen LogP contribution in [0.5, 0.6) is 0 Å². The van der Waals surface area contributed by atoms with E-state index in [9.17, 15) is 9.59 Å². The molecule has 0 spiro atoms. The lowest BCUT2D eigenvalue weighted by Crippen LogP contribution is -2.34. The van der Waals surface area contributed by atoms with Crippen LogP contribution in [0.4, 0.5) is 4.79 Å². The molecule has 8 heteroatoms. The highest BCUT2D eigenvalue weighted by Gasteiger charge is 2.15. The third kappa shape index (κ3) is 9.70. The highest BCUT2D eigenvalue weighted by molar-refractivity contribution is 7.99. The maximum Gasteiger partial charge on any atom is 0.407 e. The Morgan fingerprint density at radius 2 is 2.00 bits per heavy atom. The van der Waals surface area contributed by atoms with Crippen molar-refractivity contribution < 1.29 is 23.8 Å². The van der Waals surface area contributed by atoms with E-state index in [0.29, 0.717) is 29.6 Å². The number of esters is 1. The fraction of sp³-hybridized carbons (Fsp3) is 0.444. The van der Waals surface area contributed by atoms with E-state index in [1.165, 1.54) is 0 Å². The zero-order valence-corrected chi connectivity index (χ0v) is 16.5. The van der Waals surface area contributed by atoms with Gasteiger partial charge >= 0.3 is 12.1 Å². The van der Waals surface area contributed by atoms with Crippen LogP contribution in [0.2, 0.25) is 5.02 Å². The fourth-order valence-corrected chi connectivity index (χ4v) is 2.70. The van der Waals surface area contributed by atoms with Gasteiger partial charge in [0.25, 0.3) is 0 Å². The smallest absolute Gasteiger partial charge is 0.407 e. The lowest BCUT2D eigenvalue weighted by Gasteiger charge is -2.18. The Bertz CT molecular complexity index is 594. The summed E-state index contributed by atoms with van der Waals surface area (Å²) in [6.45, 7) is 7.95. The van der Waals surface area contributed by atoms with Gasteiger partial charge in [0.2, 0.25) is 0 Å². The predicted molar refractivity (Wildman–Crippen MR) is 103 cm³/mol. The average molecular weight is 402 g/mol. The third-order valence-electron chi connectivity index (χ3n) is 2.98. The van der Waals surface area contributed by atoms with E-state index < -0.39 is 18.2 Å². The monoisotopic (exact) mass is 401 g/mol. The van der Waals surface area contributed by atoms with Gasteiger partial charge in [0, 0.05) is 27.9 Å². The number of ether oxygens (including phenoxy) is 3. The number of hydrogen-bond donors (Lipinski definition) is 1. The number of benzene rings is 1. The van der Waals surface area contributed by atoms with E-state index in [1.54, 1.807) is 30.8 Å². The predicted octanol–water partition coefficient (Wildman–Crippen LogP) is 3.68. The quantitative estimate of drug-likeness (QED) is 0.264. The van der Waals surface area contributed by atoms with Crippen molar-refractivity contribution in [1.29, 1.82) is 0 Å². The SMILES string of the molecule is C=C(C)C(=O)OCCNC(=O)OC(COCC)CSc1ccc(Cl)cc1. The summed E-state index contributed by atoms with van der Waals surface area (Å²) in [5.41, 5.74) is 0.309. The van der Waals surface area contributed by atoms with Crippen LogP contribution in [0.15, 0.2) is 41.3 Å². The van der Waals surface area contributed by atoms with Crippen LogP contribution in [-0.4, -0.2) is 50.3 Å². The molecule has 0 aliphatic rings. The maximum absolute atomic E-state index is 11.9. The molecule has 26 heavy (non-hydrogen) atoms. The first-order chi connectivity index (χ1) is 12.4. The molecule has 0 aliphatic carbocycles. The first kappa shape index (κ1) is 22.3. The number of carbonyl (C=O) groups is 2. The fourth-order valence-electron chi connectivity index (χ4n) is 1.70. The standard InChI is InChI=1S/C18H24ClNO5S/c1-4-23-11-15(12-26-16-7-5-14(19)6-8-16)25-18(22)20-9-10-24-17(21)13(2)3/h5-8,15H,2,4,9-12H2,1,3H3,(H,20,22). The van der Waals surface area contributed by atoms with Crippen molar-refractivity contribution in [2.45, 2.75) is 24.8 Å². The second-order valence-electron chi connectivity index (χ2n) is 5.29. The molecular formula is C18H24ClNO5S. The molecule has 1 amide bonds. The number of hydrogen-bond acceptors (Lipinski definition) is 6. The van der Waals surface area contributed by atoms with Crippen LogP contribution in [-0.2, 0) is 19.0 Å². The molecule has 1 aromatic carbocycles. The summed E-state index contributed by atoms with van der Waals surface area (Å²) in [7, 11) is 0. The van der Waals surface area contributed by atoms with Gasteiger partial charge in [-0.2, -0.15) is 0 Å². The Labute approximate surface area is 163 Å². The van der Waals surface area contributed by atoms with Crippen molar-refractivity contribution >= 4 is 35.4 Å². The molecule has 0 heterocycles. The van der Waals surface area contributed by atoms with Gasteiger partial charge in [-0.25, -0.2) is 9.59 Å². The van der Waals surface area contributed by atoms with E-state index in [4.69, 9.17) is 25.8 Å². The lowest BCUT2D eigenvalue weighted by molar-refractivity contribution is -0.138. The molecule has 1 rings (SSSR count). The van der Waals surface area contributed by atoms with Crippen molar-refractivity contribution in [2.24, 2.45) is 0 Å². The van der Waals surface area contributed by atoms with Crippen LogP contribution in [0.25, 0.3) is 0 Å². The minimum absolute atomic E-state index is 0.0520. The summed E-state index contributed by atoms with van der Waals surface area (Å²) in [6.07, 6.45) is -0.994. The Balaban J connectivity index is 2.37. The van der Waals surface area contributed by atoms with E-state index >= 15 is 0 Å². The topological polar surface area (TPSA) is 73.9 Å². The molecule has 0 bridgehead atoms. The number of alkyl carbamates (subject to hydrolysis) is 1. The van der Waals surface area contributed by atoms with Crippen molar-refractivity contribution in [3.8, 4) is 0 Å². The van der Waals surface area contributed by atoms with Crippen LogP contribution in [0.3, 0.4) is 0 Å². The Hall–Kier alpha value is -1.70. The van der Waals surface area contributed by atoms with Crippen molar-refractivity contribution in [3.63, 3.8) is 0 Å². The molecule has 0 aliphatic heterocycles. The second kappa shape index (κ2) is 12.6. The molecule has 1 atom stereocenters. The second-order valence-corrected chi connectivity index (χ2v) is 6.82. The van der Waals surface area contributed by atoms with Crippen LogP contribution < -0.4 is 5.32 Å². The zero-order chi connectivity index (χ0) is 19.4. The highest BCUT2D eigenvalue weighted by atomic mass is 35.5. The highest BCUT2D eigenvalue weighted by Crippen LogP contribution is 2.21. The first-order valence-electron chi connectivity index (χ1n) is 8.15. The summed E-state index contributed by atoms with van der Waals surface area (Å²) >= 11 is 7.41. The van der Waals surface area contributed by atoms with E-state index in [-0.39, 0.29) is 13.2 Å². The molecule has 0 saturated heterocycles. The van der Waals surface area contributed by atoms with E-state index in [0.717, 1.165) is 4.90 Å². The van der Waals surface area contributed by atoms with Crippen LogP contribution in [0.1, 0.15) is 13.8 Å². The van der Waals surface area contributed by atoms with Gasteiger partial charge in [0.1, 0.15) is 12.7 Å². The van der Waals surface area contributed by atoms with E-state index in [2.05, 4.69) is 11.9 Å². The molecule has 1 N–H and O–H groups in total. The molecule has 1 aromatic rings. The lowest BCUT2D eigenvalue weighted by atomic mass is 10.4. The average Bonchev–Trinajstić information content (AvgIpc) is 2.62. The Kier molecular flexibility index (Phi) is 10.8. The van der Waals surface area contributed by atoms with Gasteiger partial charge in [0.05, 0.1) is 13.2 Å². The number of halogens is 1. The van der Waals surface area contributed by atoms with Crippen molar-refractivity contribution in [1.82, 2.24) is 5.32 Å². The van der Waals surface area contributed by atoms with Gasteiger partial charge in [-0.15, -0.1) is 11.8 Å². The molecule has 0 aromatic heterocycles. The number of rotatable bonds is 11. The van der Waals surface area contributed by atoms with Crippen LogP contribution >= 0.6 is 23.4 Å². The summed E-state index contributed by atoms with van der Waals surface area (Å²) in [5.74, 6) is 0.0495. The largest absolute Gasteiger partial charge is 0.460 e. The van der Waals surface area contributed by atoms with Crippen molar-refractivity contribution in [2.75, 3.05) is 32.1 Å². The molecule has 6 nitrogen and oxygen atoms in total. The summed E-state index contributed by atoms with van der Waals surface area (Å²) < 4.78 is 15.6. The van der Waals surface area contributed by atoms with Gasteiger partial charge < -0.3 is 19.5 Å². The summed E-state index contributed by atoms with van der Waals surface area (Å²) in [6, 6.07) is 7.42. The van der Waals surface area contributed by atoms with E-state index in [1.807, 2.05) is 19.1 Å². The number of nitrogens with one attached hydrogen (secondary N) is 1. The molecular weight excluding hydrogens is 378 g/mol. The number of carbonyl (C=O) groups excluding carboxylic acids is 2. The first-order valence-corrected chi connectivity index (χ1v) is 9.52. The molecule has 0 radical (unpaired) electrons. The van der Waals surface area contributed by atoms with Gasteiger partial charge in [-0.3, -0.25) is 0 Å². The minimum Gasteiger partial charge on any atom is -0.460 e. The summed E-state index contributed by atoms with van der Waals surface area (Å²) in [4.78, 5) is 24.1. The third-order valence-corrected chi connectivity index (χ3v) is 4.38. The Morgan fingerprint density at radius 1 is 1.31 bits per heavy atom. The molecule has 0 saturated carbocycles. The van der Waals surface area contributed by atoms with Crippen LogP contribution in [0, 0.1) is 0 Å². The van der Waals surface area contributed by atoms with Gasteiger partial charge in [-0.1, -0.05) is 18.2 Å². The molecule has 1 unspecified atom stereocenters. The van der Waals surface area contributed by atoms with Crippen molar-refractivity contribution in [3.05, 3.63) is 41.4 Å². The normalized spacial score (nSPS) is 11.5. The maximum atomic E-state index is 11.9. The minimum atomic E-state index is -0.585. The van der Waals surface area contributed by atoms with Gasteiger partial charge in [-0.05, 0) is 38.1 Å². The van der Waals surface area contributed by atoms with Gasteiger partial charge in [0.15, 0.2) is 0 Å².